The molecule has 1 N–H and O–H groups in total. The predicted molar refractivity (Wildman–Crippen MR) is 70.3 cm³/mol. The standard InChI is InChI=1S/C12H19N3OS/c1-12(2,3)14-10(16)9-4-6-15(8-9)11-13-5-7-17-11/h5,7,9H,4,6,8H2,1-3H3,(H,14,16). The van der Waals surface area contributed by atoms with Gasteiger partial charge in [0, 0.05) is 30.2 Å². The minimum atomic E-state index is -0.147. The van der Waals surface area contributed by atoms with Crippen molar-refractivity contribution in [3.63, 3.8) is 0 Å². The van der Waals surface area contributed by atoms with Crippen molar-refractivity contribution in [3.8, 4) is 0 Å². The van der Waals surface area contributed by atoms with Gasteiger partial charge in [-0.2, -0.15) is 0 Å². The van der Waals surface area contributed by atoms with Crippen LogP contribution in [0.4, 0.5) is 5.13 Å². The Balaban J connectivity index is 1.92. The molecule has 1 aliphatic heterocycles. The van der Waals surface area contributed by atoms with E-state index in [1.54, 1.807) is 11.3 Å². The topological polar surface area (TPSA) is 45.2 Å². The Kier molecular flexibility index (Phi) is 3.38. The number of anilines is 1. The Labute approximate surface area is 106 Å². The van der Waals surface area contributed by atoms with Gasteiger partial charge in [0.2, 0.25) is 5.91 Å². The molecule has 0 aliphatic carbocycles. The summed E-state index contributed by atoms with van der Waals surface area (Å²) in [7, 11) is 0. The molecule has 0 spiro atoms. The van der Waals surface area contributed by atoms with Crippen molar-refractivity contribution in [2.45, 2.75) is 32.7 Å². The lowest BCUT2D eigenvalue weighted by Crippen LogP contribution is -2.44. The highest BCUT2D eigenvalue weighted by Crippen LogP contribution is 2.25. The maximum absolute atomic E-state index is 12.0. The first kappa shape index (κ1) is 12.4. The molecule has 1 aromatic rings. The number of nitrogens with one attached hydrogen (secondary N) is 1. The van der Waals surface area contributed by atoms with Crippen LogP contribution in [0.5, 0.6) is 0 Å². The van der Waals surface area contributed by atoms with Crippen LogP contribution in [0, 0.1) is 5.92 Å². The van der Waals surface area contributed by atoms with E-state index in [4.69, 9.17) is 0 Å². The second kappa shape index (κ2) is 4.64. The predicted octanol–water partition coefficient (Wildman–Crippen LogP) is 1.88. The van der Waals surface area contributed by atoms with Crippen molar-refractivity contribution in [3.05, 3.63) is 11.6 Å². The van der Waals surface area contributed by atoms with Crippen LogP contribution in [-0.2, 0) is 4.79 Å². The van der Waals surface area contributed by atoms with Gasteiger partial charge in [-0.05, 0) is 27.2 Å². The normalized spacial score (nSPS) is 20.6. The van der Waals surface area contributed by atoms with Crippen molar-refractivity contribution in [2.24, 2.45) is 5.92 Å². The number of rotatable bonds is 2. The number of hydrogen-bond acceptors (Lipinski definition) is 4. The molecule has 94 valence electrons. The number of aromatic nitrogens is 1. The van der Waals surface area contributed by atoms with E-state index in [0.717, 1.165) is 24.6 Å². The summed E-state index contributed by atoms with van der Waals surface area (Å²) in [6.07, 6.45) is 2.73. The average Bonchev–Trinajstić information content (AvgIpc) is 2.86. The van der Waals surface area contributed by atoms with E-state index in [0.29, 0.717) is 0 Å². The molecule has 1 amide bonds. The molecule has 2 rings (SSSR count). The van der Waals surface area contributed by atoms with Crippen LogP contribution in [0.15, 0.2) is 11.6 Å². The lowest BCUT2D eigenvalue weighted by atomic mass is 10.0. The third kappa shape index (κ3) is 3.19. The van der Waals surface area contributed by atoms with Crippen LogP contribution in [0.25, 0.3) is 0 Å². The second-order valence-electron chi connectivity index (χ2n) is 5.49. The first-order chi connectivity index (χ1) is 7.96. The molecule has 1 aromatic heterocycles. The van der Waals surface area contributed by atoms with E-state index in [9.17, 15) is 4.79 Å². The monoisotopic (exact) mass is 253 g/mol. The fraction of sp³-hybridized carbons (Fsp3) is 0.667. The van der Waals surface area contributed by atoms with E-state index >= 15 is 0 Å². The Bertz CT molecular complexity index is 383. The van der Waals surface area contributed by atoms with Crippen molar-refractivity contribution in [1.82, 2.24) is 10.3 Å². The Morgan fingerprint density at radius 3 is 2.94 bits per heavy atom. The molecule has 4 nitrogen and oxygen atoms in total. The SMILES string of the molecule is CC(C)(C)NC(=O)C1CCN(c2nccs2)C1. The molecule has 1 fully saturated rings. The van der Waals surface area contributed by atoms with Gasteiger partial charge in [0.15, 0.2) is 5.13 Å². The molecule has 1 atom stereocenters. The van der Waals surface area contributed by atoms with E-state index in [-0.39, 0.29) is 17.4 Å². The van der Waals surface area contributed by atoms with Gasteiger partial charge in [0.1, 0.15) is 0 Å². The Morgan fingerprint density at radius 1 is 1.59 bits per heavy atom. The van der Waals surface area contributed by atoms with Crippen LogP contribution in [0.1, 0.15) is 27.2 Å². The summed E-state index contributed by atoms with van der Waals surface area (Å²) < 4.78 is 0. The summed E-state index contributed by atoms with van der Waals surface area (Å²) >= 11 is 1.63. The zero-order valence-electron chi connectivity index (χ0n) is 10.6. The number of hydrogen-bond donors (Lipinski definition) is 1. The van der Waals surface area contributed by atoms with Crippen molar-refractivity contribution >= 4 is 22.4 Å². The van der Waals surface area contributed by atoms with E-state index in [1.165, 1.54) is 0 Å². The zero-order chi connectivity index (χ0) is 12.5. The van der Waals surface area contributed by atoms with Gasteiger partial charge < -0.3 is 10.2 Å². The fourth-order valence-electron chi connectivity index (χ4n) is 1.99. The minimum Gasteiger partial charge on any atom is -0.351 e. The van der Waals surface area contributed by atoms with Gasteiger partial charge in [-0.25, -0.2) is 4.98 Å². The fourth-order valence-corrected chi connectivity index (χ4v) is 2.67. The number of carbonyl (C=O) groups is 1. The minimum absolute atomic E-state index is 0.0955. The van der Waals surface area contributed by atoms with E-state index in [2.05, 4.69) is 15.2 Å². The molecule has 1 aliphatic rings. The third-order valence-electron chi connectivity index (χ3n) is 2.75. The smallest absolute Gasteiger partial charge is 0.225 e. The maximum atomic E-state index is 12.0. The molecule has 0 bridgehead atoms. The number of carbonyl (C=O) groups excluding carboxylic acids is 1. The number of amides is 1. The van der Waals surface area contributed by atoms with Crippen LogP contribution in [0.2, 0.25) is 0 Å². The molecule has 1 unspecified atom stereocenters. The first-order valence-electron chi connectivity index (χ1n) is 5.92. The van der Waals surface area contributed by atoms with Gasteiger partial charge in [0.25, 0.3) is 0 Å². The summed E-state index contributed by atoms with van der Waals surface area (Å²) in [5, 5.41) is 6.04. The molecule has 17 heavy (non-hydrogen) atoms. The van der Waals surface area contributed by atoms with Gasteiger partial charge in [0.05, 0.1) is 5.92 Å². The van der Waals surface area contributed by atoms with Crippen molar-refractivity contribution in [1.29, 1.82) is 0 Å². The van der Waals surface area contributed by atoms with Gasteiger partial charge in [-0.1, -0.05) is 0 Å². The molecule has 0 saturated carbocycles. The highest BCUT2D eigenvalue weighted by atomic mass is 32.1. The summed E-state index contributed by atoms with van der Waals surface area (Å²) in [6, 6.07) is 0. The molecule has 5 heteroatoms. The number of thiazole rings is 1. The third-order valence-corrected chi connectivity index (χ3v) is 3.58. The van der Waals surface area contributed by atoms with Crippen molar-refractivity contribution in [2.75, 3.05) is 18.0 Å². The van der Waals surface area contributed by atoms with Crippen LogP contribution < -0.4 is 10.2 Å². The van der Waals surface area contributed by atoms with Crippen LogP contribution in [0.3, 0.4) is 0 Å². The van der Waals surface area contributed by atoms with Gasteiger partial charge in [-0.15, -0.1) is 11.3 Å². The molecule has 0 radical (unpaired) electrons. The van der Waals surface area contributed by atoms with Crippen LogP contribution in [-0.4, -0.2) is 29.5 Å². The molecular formula is C12H19N3OS. The highest BCUT2D eigenvalue weighted by molar-refractivity contribution is 7.13. The summed E-state index contributed by atoms with van der Waals surface area (Å²) in [5.74, 6) is 0.259. The van der Waals surface area contributed by atoms with E-state index in [1.807, 2.05) is 32.3 Å². The zero-order valence-corrected chi connectivity index (χ0v) is 11.4. The highest BCUT2D eigenvalue weighted by Gasteiger charge is 2.30. The molecular weight excluding hydrogens is 234 g/mol. The lowest BCUT2D eigenvalue weighted by molar-refractivity contribution is -0.125. The van der Waals surface area contributed by atoms with E-state index < -0.39 is 0 Å². The van der Waals surface area contributed by atoms with Crippen molar-refractivity contribution < 1.29 is 4.79 Å². The number of nitrogens with zero attached hydrogens (tertiary/aromatic N) is 2. The largest absolute Gasteiger partial charge is 0.351 e. The van der Waals surface area contributed by atoms with Gasteiger partial charge in [-0.3, -0.25) is 4.79 Å². The summed E-state index contributed by atoms with van der Waals surface area (Å²) in [6.45, 7) is 7.75. The molecule has 2 heterocycles. The molecule has 1 saturated heterocycles. The second-order valence-corrected chi connectivity index (χ2v) is 6.36. The Hall–Kier alpha value is -1.10. The van der Waals surface area contributed by atoms with Crippen LogP contribution >= 0.6 is 11.3 Å². The lowest BCUT2D eigenvalue weighted by Gasteiger charge is -2.23. The summed E-state index contributed by atoms with van der Waals surface area (Å²) in [5.41, 5.74) is -0.147. The summed E-state index contributed by atoms with van der Waals surface area (Å²) in [4.78, 5) is 18.5. The first-order valence-corrected chi connectivity index (χ1v) is 6.80. The average molecular weight is 253 g/mol. The Morgan fingerprint density at radius 2 is 2.35 bits per heavy atom. The van der Waals surface area contributed by atoms with Gasteiger partial charge >= 0.3 is 0 Å². The maximum Gasteiger partial charge on any atom is 0.225 e. The molecule has 0 aromatic carbocycles. The quantitative estimate of drug-likeness (QED) is 0.875.